The molecule has 0 aliphatic heterocycles. The molecule has 0 aliphatic rings. The van der Waals surface area contributed by atoms with Crippen LogP contribution in [0.15, 0.2) is 118 Å². The molecular weight excluding hydrogens is 618 g/mol. The Morgan fingerprint density at radius 2 is 0.769 bits per heavy atom. The molecule has 5 rings (SSSR count). The maximum Gasteiger partial charge on any atom is 0.203 e. The van der Waals surface area contributed by atoms with E-state index in [9.17, 15) is 0 Å². The van der Waals surface area contributed by atoms with Crippen LogP contribution in [0.5, 0.6) is 17.2 Å². The van der Waals surface area contributed by atoms with E-state index in [0.29, 0.717) is 17.2 Å². The van der Waals surface area contributed by atoms with Gasteiger partial charge in [0.1, 0.15) is 0 Å². The number of rotatable bonds is 8. The topological polar surface area (TPSA) is 30.9 Å². The molecule has 0 N–H and O–H groups in total. The highest BCUT2D eigenvalue weighted by Crippen LogP contribution is 2.45. The summed E-state index contributed by atoms with van der Waals surface area (Å²) in [6, 6.07) is 37.6. The van der Waals surface area contributed by atoms with Crippen molar-refractivity contribution in [3.05, 3.63) is 118 Å². The Hall–Kier alpha value is -3.74. The zero-order chi connectivity index (χ0) is 27.4. The summed E-state index contributed by atoms with van der Waals surface area (Å²) in [5, 5.41) is 0. The minimum Gasteiger partial charge on any atom is -0.493 e. The van der Waals surface area contributed by atoms with Crippen LogP contribution in [-0.4, -0.2) is 21.3 Å². The van der Waals surface area contributed by atoms with Crippen molar-refractivity contribution in [1.82, 2.24) is 0 Å². The smallest absolute Gasteiger partial charge is 0.203 e. The van der Waals surface area contributed by atoms with Crippen molar-refractivity contribution in [2.75, 3.05) is 26.2 Å². The van der Waals surface area contributed by atoms with Crippen molar-refractivity contribution in [2.24, 2.45) is 0 Å². The molecule has 0 atom stereocenters. The van der Waals surface area contributed by atoms with Gasteiger partial charge in [-0.2, -0.15) is 0 Å². The molecule has 0 radical (unpaired) electrons. The Morgan fingerprint density at radius 1 is 0.436 bits per heavy atom. The van der Waals surface area contributed by atoms with E-state index < -0.39 is 0 Å². The highest BCUT2D eigenvalue weighted by Gasteiger charge is 2.20. The predicted molar refractivity (Wildman–Crippen MR) is 167 cm³/mol. The highest BCUT2D eigenvalue weighted by molar-refractivity contribution is 9.10. The van der Waals surface area contributed by atoms with Gasteiger partial charge in [0.25, 0.3) is 0 Å². The lowest BCUT2D eigenvalue weighted by Gasteiger charge is -2.27. The number of nitrogens with zero attached hydrogens (tertiary/aromatic N) is 1. The minimum atomic E-state index is 0.555. The molecule has 5 aromatic carbocycles. The Bertz CT molecular complexity index is 1440. The van der Waals surface area contributed by atoms with Gasteiger partial charge in [0.2, 0.25) is 5.75 Å². The number of hydrogen-bond acceptors (Lipinski definition) is 4. The number of benzene rings is 5. The molecule has 0 fully saturated rings. The number of ether oxygens (including phenoxy) is 3. The van der Waals surface area contributed by atoms with Gasteiger partial charge < -0.3 is 19.1 Å². The number of halogens is 2. The molecule has 0 spiro atoms. The van der Waals surface area contributed by atoms with Crippen molar-refractivity contribution < 1.29 is 14.2 Å². The first kappa shape index (κ1) is 26.9. The van der Waals surface area contributed by atoms with E-state index in [1.807, 2.05) is 12.1 Å². The van der Waals surface area contributed by atoms with E-state index in [4.69, 9.17) is 14.2 Å². The molecule has 0 heterocycles. The summed E-state index contributed by atoms with van der Waals surface area (Å²) in [6.45, 7) is 0. The van der Waals surface area contributed by atoms with Crippen LogP contribution in [0, 0.1) is 0 Å². The third kappa shape index (κ3) is 5.82. The van der Waals surface area contributed by atoms with Gasteiger partial charge in [-0.1, -0.05) is 80.4 Å². The molecular formula is C33H27Br2NO3. The molecule has 0 saturated heterocycles. The van der Waals surface area contributed by atoms with Crippen LogP contribution in [-0.2, 0) is 0 Å². The van der Waals surface area contributed by atoms with E-state index >= 15 is 0 Å². The molecule has 0 saturated carbocycles. The normalized spacial score (nSPS) is 10.7. The zero-order valence-electron chi connectivity index (χ0n) is 21.8. The third-order valence-corrected chi connectivity index (χ3v) is 7.57. The number of methoxy groups -OCH3 is 3. The van der Waals surface area contributed by atoms with E-state index in [1.165, 1.54) is 0 Å². The summed E-state index contributed by atoms with van der Waals surface area (Å²) in [6.07, 6.45) is 0. The summed E-state index contributed by atoms with van der Waals surface area (Å²) >= 11 is 7.04. The van der Waals surface area contributed by atoms with Crippen molar-refractivity contribution in [1.29, 1.82) is 0 Å². The molecule has 0 unspecified atom stereocenters. The van der Waals surface area contributed by atoms with E-state index in [-0.39, 0.29) is 0 Å². The predicted octanol–water partition coefficient (Wildman–Crippen LogP) is 10.0. The van der Waals surface area contributed by atoms with Crippen LogP contribution in [0.4, 0.5) is 17.1 Å². The van der Waals surface area contributed by atoms with Gasteiger partial charge in [-0.15, -0.1) is 0 Å². The SMILES string of the molecule is COc1cc(N(c2ccc(-c3ccc(Br)cc3)cc2)c2ccc(-c3ccc(Br)cc3)cc2)cc(OC)c1OC. The first-order valence-electron chi connectivity index (χ1n) is 12.3. The Balaban J connectivity index is 1.60. The van der Waals surface area contributed by atoms with E-state index in [2.05, 4.69) is 134 Å². The third-order valence-electron chi connectivity index (χ3n) is 6.51. The Labute approximate surface area is 246 Å². The fourth-order valence-corrected chi connectivity index (χ4v) is 5.06. The lowest BCUT2D eigenvalue weighted by Crippen LogP contribution is -2.11. The highest BCUT2D eigenvalue weighted by atomic mass is 79.9. The van der Waals surface area contributed by atoms with Crippen LogP contribution in [0.1, 0.15) is 0 Å². The maximum absolute atomic E-state index is 5.68. The van der Waals surface area contributed by atoms with Gasteiger partial charge >= 0.3 is 0 Å². The van der Waals surface area contributed by atoms with E-state index in [1.54, 1.807) is 21.3 Å². The van der Waals surface area contributed by atoms with Crippen LogP contribution >= 0.6 is 31.9 Å². The van der Waals surface area contributed by atoms with Gasteiger partial charge in [0.05, 0.1) is 27.0 Å². The molecule has 0 aromatic heterocycles. The fourth-order valence-electron chi connectivity index (χ4n) is 4.53. The largest absolute Gasteiger partial charge is 0.493 e. The molecule has 5 aromatic rings. The lowest BCUT2D eigenvalue weighted by atomic mass is 10.0. The summed E-state index contributed by atoms with van der Waals surface area (Å²) in [5.41, 5.74) is 7.48. The van der Waals surface area contributed by atoms with Crippen LogP contribution in [0.3, 0.4) is 0 Å². The van der Waals surface area contributed by atoms with Crippen molar-refractivity contribution in [3.63, 3.8) is 0 Å². The van der Waals surface area contributed by atoms with Gasteiger partial charge in [-0.3, -0.25) is 0 Å². The zero-order valence-corrected chi connectivity index (χ0v) is 25.0. The average molecular weight is 645 g/mol. The summed E-state index contributed by atoms with van der Waals surface area (Å²) in [7, 11) is 4.87. The monoisotopic (exact) mass is 643 g/mol. The van der Waals surface area contributed by atoms with Crippen molar-refractivity contribution in [2.45, 2.75) is 0 Å². The second-order valence-electron chi connectivity index (χ2n) is 8.83. The molecule has 196 valence electrons. The lowest BCUT2D eigenvalue weighted by molar-refractivity contribution is 0.324. The molecule has 39 heavy (non-hydrogen) atoms. The average Bonchev–Trinajstić information content (AvgIpc) is 2.98. The molecule has 0 aliphatic carbocycles. The van der Waals surface area contributed by atoms with Crippen molar-refractivity contribution >= 4 is 48.9 Å². The quantitative estimate of drug-likeness (QED) is 0.168. The van der Waals surface area contributed by atoms with Gasteiger partial charge in [0, 0.05) is 32.5 Å². The summed E-state index contributed by atoms with van der Waals surface area (Å²) < 4.78 is 19.0. The second kappa shape index (κ2) is 12.0. The minimum absolute atomic E-state index is 0.555. The van der Waals surface area contributed by atoms with Crippen molar-refractivity contribution in [3.8, 4) is 39.5 Å². The first-order valence-corrected chi connectivity index (χ1v) is 13.9. The van der Waals surface area contributed by atoms with Gasteiger partial charge in [0.15, 0.2) is 11.5 Å². The molecule has 6 heteroatoms. The molecule has 4 nitrogen and oxygen atoms in total. The Kier molecular flexibility index (Phi) is 8.24. The second-order valence-corrected chi connectivity index (χ2v) is 10.7. The molecule has 0 amide bonds. The van der Waals surface area contributed by atoms with Crippen LogP contribution in [0.25, 0.3) is 22.3 Å². The number of hydrogen-bond donors (Lipinski definition) is 0. The molecule has 0 bridgehead atoms. The first-order chi connectivity index (χ1) is 19.0. The summed E-state index contributed by atoms with van der Waals surface area (Å²) in [5.74, 6) is 1.74. The van der Waals surface area contributed by atoms with Crippen LogP contribution in [0.2, 0.25) is 0 Å². The number of anilines is 3. The maximum atomic E-state index is 5.68. The van der Waals surface area contributed by atoms with Crippen LogP contribution < -0.4 is 19.1 Å². The standard InChI is InChI=1S/C33H27Br2NO3/c1-37-31-20-30(21-32(38-2)33(31)39-3)36(28-16-8-24(9-17-28)22-4-12-26(34)13-5-22)29-18-10-25(11-19-29)23-6-14-27(35)15-7-23/h4-21H,1-3H3. The van der Waals surface area contributed by atoms with Gasteiger partial charge in [-0.25, -0.2) is 0 Å². The van der Waals surface area contributed by atoms with Gasteiger partial charge in [-0.05, 0) is 70.8 Å². The summed E-state index contributed by atoms with van der Waals surface area (Å²) in [4.78, 5) is 2.18. The van der Waals surface area contributed by atoms with E-state index in [0.717, 1.165) is 48.3 Å². The fraction of sp³-hybridized carbons (Fsp3) is 0.0909. The Morgan fingerprint density at radius 3 is 1.08 bits per heavy atom.